The Hall–Kier alpha value is -2.36. The van der Waals surface area contributed by atoms with Gasteiger partial charge in [0.1, 0.15) is 5.82 Å². The zero-order valence-electron chi connectivity index (χ0n) is 10.3. The Morgan fingerprint density at radius 1 is 1.22 bits per heavy atom. The Labute approximate surface area is 105 Å². The second kappa shape index (κ2) is 3.84. The lowest BCUT2D eigenvalue weighted by Gasteiger charge is -2.15. The number of aryl methyl sites for hydroxylation is 1. The fraction of sp³-hybridized carbons (Fsp3) is 0.143. The van der Waals surface area contributed by atoms with Crippen molar-refractivity contribution in [1.82, 2.24) is 4.98 Å². The van der Waals surface area contributed by atoms with Gasteiger partial charge < -0.3 is 5.32 Å². The highest BCUT2D eigenvalue weighted by molar-refractivity contribution is 6.09. The van der Waals surface area contributed by atoms with Crippen molar-refractivity contribution >= 4 is 17.5 Å². The predicted octanol–water partition coefficient (Wildman–Crippen LogP) is 3.04. The van der Waals surface area contributed by atoms with Crippen molar-refractivity contribution in [2.24, 2.45) is 0 Å². The van der Waals surface area contributed by atoms with Crippen LogP contribution in [0.2, 0.25) is 0 Å². The van der Waals surface area contributed by atoms with Crippen LogP contribution in [-0.2, 0) is 0 Å². The number of nitrogens with one attached hydrogen (secondary N) is 1. The summed E-state index contributed by atoms with van der Waals surface area (Å²) in [6.45, 7) is 2.03. The van der Waals surface area contributed by atoms with Crippen LogP contribution in [0.4, 0.5) is 16.3 Å². The molecule has 0 unspecified atom stereocenters. The highest BCUT2D eigenvalue weighted by Gasteiger charge is 2.24. The molecule has 2 amide bonds. The van der Waals surface area contributed by atoms with Gasteiger partial charge in [-0.05, 0) is 30.7 Å². The molecule has 0 spiro atoms. The SMILES string of the molecule is Cc1cccc2c1-c1cccnc1N(C)C(=O)N2. The van der Waals surface area contributed by atoms with Gasteiger partial charge >= 0.3 is 6.03 Å². The Bertz CT molecular complexity index is 637. The average Bonchev–Trinajstić information content (AvgIpc) is 2.48. The smallest absolute Gasteiger partial charge is 0.307 e. The van der Waals surface area contributed by atoms with Gasteiger partial charge in [-0.25, -0.2) is 9.78 Å². The van der Waals surface area contributed by atoms with E-state index in [1.54, 1.807) is 13.2 Å². The molecule has 0 atom stereocenters. The number of hydrogen-bond acceptors (Lipinski definition) is 2. The number of hydrogen-bond donors (Lipinski definition) is 1. The van der Waals surface area contributed by atoms with Crippen LogP contribution in [0.1, 0.15) is 5.56 Å². The summed E-state index contributed by atoms with van der Waals surface area (Å²) >= 11 is 0. The van der Waals surface area contributed by atoms with Crippen LogP contribution >= 0.6 is 0 Å². The van der Waals surface area contributed by atoms with Crippen molar-refractivity contribution in [3.63, 3.8) is 0 Å². The molecule has 0 saturated carbocycles. The number of aromatic nitrogens is 1. The molecule has 4 nitrogen and oxygen atoms in total. The molecule has 18 heavy (non-hydrogen) atoms. The van der Waals surface area contributed by atoms with Crippen molar-refractivity contribution in [2.75, 3.05) is 17.3 Å². The van der Waals surface area contributed by atoms with E-state index in [0.29, 0.717) is 5.82 Å². The first kappa shape index (κ1) is 10.8. The molecule has 1 aliphatic rings. The van der Waals surface area contributed by atoms with E-state index in [2.05, 4.69) is 10.3 Å². The van der Waals surface area contributed by atoms with Gasteiger partial charge in [-0.2, -0.15) is 0 Å². The maximum atomic E-state index is 12.0. The summed E-state index contributed by atoms with van der Waals surface area (Å²) in [5, 5.41) is 2.91. The standard InChI is InChI=1S/C14H13N3O/c1-9-5-3-7-11-12(9)10-6-4-8-15-13(10)17(2)14(18)16-11/h3-8H,1-2H3,(H,16,18). The molecule has 0 saturated heterocycles. The normalized spacial score (nSPS) is 13.4. The van der Waals surface area contributed by atoms with Crippen LogP contribution in [0.5, 0.6) is 0 Å². The molecule has 1 aliphatic heterocycles. The van der Waals surface area contributed by atoms with Crippen molar-refractivity contribution in [2.45, 2.75) is 6.92 Å². The maximum absolute atomic E-state index is 12.0. The summed E-state index contributed by atoms with van der Waals surface area (Å²) in [7, 11) is 1.72. The highest BCUT2D eigenvalue weighted by atomic mass is 16.2. The maximum Gasteiger partial charge on any atom is 0.327 e. The zero-order valence-corrected chi connectivity index (χ0v) is 10.3. The summed E-state index contributed by atoms with van der Waals surface area (Å²) in [6, 6.07) is 9.60. The van der Waals surface area contributed by atoms with E-state index in [1.165, 1.54) is 4.90 Å². The number of urea groups is 1. The molecule has 0 bridgehead atoms. The number of carbonyl (C=O) groups is 1. The van der Waals surface area contributed by atoms with Gasteiger partial charge in [-0.1, -0.05) is 12.1 Å². The van der Waals surface area contributed by atoms with E-state index >= 15 is 0 Å². The van der Waals surface area contributed by atoms with Crippen LogP contribution in [-0.4, -0.2) is 18.1 Å². The van der Waals surface area contributed by atoms with Crippen LogP contribution in [0.15, 0.2) is 36.5 Å². The molecule has 2 heterocycles. The minimum absolute atomic E-state index is 0.167. The monoisotopic (exact) mass is 239 g/mol. The lowest BCUT2D eigenvalue weighted by atomic mass is 9.99. The Morgan fingerprint density at radius 2 is 2.06 bits per heavy atom. The lowest BCUT2D eigenvalue weighted by molar-refractivity contribution is 0.258. The third-order valence-electron chi connectivity index (χ3n) is 3.19. The highest BCUT2D eigenvalue weighted by Crippen LogP contribution is 2.38. The van der Waals surface area contributed by atoms with Crippen LogP contribution in [0.3, 0.4) is 0 Å². The molecule has 1 N–H and O–H groups in total. The zero-order chi connectivity index (χ0) is 12.7. The topological polar surface area (TPSA) is 45.2 Å². The minimum atomic E-state index is -0.167. The Kier molecular flexibility index (Phi) is 2.30. The van der Waals surface area contributed by atoms with E-state index in [1.807, 2.05) is 37.3 Å². The molecule has 0 fully saturated rings. The number of amides is 2. The number of fused-ring (bicyclic) bond motifs is 3. The summed E-state index contributed by atoms with van der Waals surface area (Å²) in [6.07, 6.45) is 1.70. The second-order valence-electron chi connectivity index (χ2n) is 4.36. The quantitative estimate of drug-likeness (QED) is 0.768. The number of nitrogens with zero attached hydrogens (tertiary/aromatic N) is 2. The van der Waals surface area contributed by atoms with Gasteiger partial charge in [0, 0.05) is 24.4 Å². The van der Waals surface area contributed by atoms with E-state index in [9.17, 15) is 4.79 Å². The number of pyridine rings is 1. The fourth-order valence-corrected chi connectivity index (χ4v) is 2.28. The molecule has 90 valence electrons. The van der Waals surface area contributed by atoms with Gasteiger partial charge in [-0.15, -0.1) is 0 Å². The van der Waals surface area contributed by atoms with Crippen LogP contribution in [0, 0.1) is 6.92 Å². The van der Waals surface area contributed by atoms with Crippen LogP contribution < -0.4 is 10.2 Å². The largest absolute Gasteiger partial charge is 0.327 e. The lowest BCUT2D eigenvalue weighted by Crippen LogP contribution is -2.30. The molecular formula is C14H13N3O. The molecule has 1 aromatic carbocycles. The van der Waals surface area contributed by atoms with Gasteiger partial charge in [0.25, 0.3) is 0 Å². The number of anilines is 2. The predicted molar refractivity (Wildman–Crippen MR) is 71.8 cm³/mol. The first-order valence-electron chi connectivity index (χ1n) is 5.78. The summed E-state index contributed by atoms with van der Waals surface area (Å²) in [4.78, 5) is 17.9. The Morgan fingerprint density at radius 3 is 2.89 bits per heavy atom. The third-order valence-corrected chi connectivity index (χ3v) is 3.19. The first-order valence-corrected chi connectivity index (χ1v) is 5.78. The van der Waals surface area contributed by atoms with Crippen molar-refractivity contribution < 1.29 is 4.79 Å². The molecule has 4 heteroatoms. The van der Waals surface area contributed by atoms with E-state index in [4.69, 9.17) is 0 Å². The average molecular weight is 239 g/mol. The summed E-state index contributed by atoms with van der Waals surface area (Å²) < 4.78 is 0. The molecule has 1 aromatic heterocycles. The van der Waals surface area contributed by atoms with E-state index in [0.717, 1.165) is 22.4 Å². The van der Waals surface area contributed by atoms with E-state index < -0.39 is 0 Å². The van der Waals surface area contributed by atoms with Gasteiger partial charge in [0.05, 0.1) is 5.69 Å². The number of benzene rings is 1. The molecule has 2 aromatic rings. The number of carbonyl (C=O) groups excluding carboxylic acids is 1. The minimum Gasteiger partial charge on any atom is -0.307 e. The fourth-order valence-electron chi connectivity index (χ4n) is 2.28. The summed E-state index contributed by atoms with van der Waals surface area (Å²) in [5.74, 6) is 0.683. The molecule has 0 radical (unpaired) electrons. The summed E-state index contributed by atoms with van der Waals surface area (Å²) in [5.41, 5.74) is 3.97. The van der Waals surface area contributed by atoms with Crippen molar-refractivity contribution in [1.29, 1.82) is 0 Å². The van der Waals surface area contributed by atoms with Gasteiger partial charge in [-0.3, -0.25) is 4.90 Å². The molecular weight excluding hydrogens is 226 g/mol. The van der Waals surface area contributed by atoms with Crippen molar-refractivity contribution in [3.8, 4) is 11.1 Å². The Balaban J connectivity index is 2.37. The molecule has 3 rings (SSSR count). The molecule has 0 aliphatic carbocycles. The van der Waals surface area contributed by atoms with Gasteiger partial charge in [0.2, 0.25) is 0 Å². The van der Waals surface area contributed by atoms with Crippen LogP contribution in [0.25, 0.3) is 11.1 Å². The third kappa shape index (κ3) is 1.46. The first-order chi connectivity index (χ1) is 8.68. The number of rotatable bonds is 0. The van der Waals surface area contributed by atoms with Crippen molar-refractivity contribution in [3.05, 3.63) is 42.1 Å². The second-order valence-corrected chi connectivity index (χ2v) is 4.36. The van der Waals surface area contributed by atoms with Gasteiger partial charge in [0.15, 0.2) is 0 Å². The van der Waals surface area contributed by atoms with E-state index in [-0.39, 0.29) is 6.03 Å².